The molecule has 0 spiro atoms. The van der Waals surface area contributed by atoms with Gasteiger partial charge in [0.25, 0.3) is 10.1 Å². The number of para-hydroxylation sites is 2. The highest BCUT2D eigenvalue weighted by molar-refractivity contribution is 7.85. The molecule has 0 fully saturated rings. The molecular formula is C12H17NO8S. The quantitative estimate of drug-likeness (QED) is 0.566. The van der Waals surface area contributed by atoms with Gasteiger partial charge in [0.1, 0.15) is 25.2 Å². The Labute approximate surface area is 127 Å². The molecule has 1 aromatic rings. The third kappa shape index (κ3) is 7.11. The minimum absolute atomic E-state index is 0.161. The number of carbonyl (C=O) groups is 1. The summed E-state index contributed by atoms with van der Waals surface area (Å²) in [5, 5.41) is 11.4. The van der Waals surface area contributed by atoms with Gasteiger partial charge in [-0.25, -0.2) is 4.79 Å². The number of rotatable bonds is 8. The number of methoxy groups -OCH3 is 1. The molecule has 10 heteroatoms. The van der Waals surface area contributed by atoms with Gasteiger partial charge in [0.15, 0.2) is 11.5 Å². The lowest BCUT2D eigenvalue weighted by molar-refractivity contribution is 0.0387. The molecule has 0 aliphatic rings. The van der Waals surface area contributed by atoms with Crippen molar-refractivity contribution in [3.8, 4) is 11.5 Å². The molecule has 9 nitrogen and oxygen atoms in total. The summed E-state index contributed by atoms with van der Waals surface area (Å²) < 4.78 is 44.1. The second-order valence-electron chi connectivity index (χ2n) is 4.12. The number of amides is 1. The highest BCUT2D eigenvalue weighted by Gasteiger charge is 2.13. The molecule has 0 heterocycles. The lowest BCUT2D eigenvalue weighted by Crippen LogP contribution is -2.33. The normalized spacial score (nSPS) is 12.3. The summed E-state index contributed by atoms with van der Waals surface area (Å²) in [4.78, 5) is 11.1. The van der Waals surface area contributed by atoms with E-state index >= 15 is 0 Å². The molecule has 1 atom stereocenters. The van der Waals surface area contributed by atoms with E-state index in [1.165, 1.54) is 7.11 Å². The highest BCUT2D eigenvalue weighted by atomic mass is 32.2. The summed E-state index contributed by atoms with van der Waals surface area (Å²) in [6.07, 6.45) is -2.21. The second-order valence-corrected chi connectivity index (χ2v) is 5.57. The first-order valence-corrected chi connectivity index (χ1v) is 7.72. The van der Waals surface area contributed by atoms with E-state index in [4.69, 9.17) is 14.0 Å². The van der Waals surface area contributed by atoms with Crippen LogP contribution in [0.4, 0.5) is 4.79 Å². The van der Waals surface area contributed by atoms with E-state index in [1.807, 2.05) is 0 Å². The number of hydrogen-bond donors (Lipinski definition) is 3. The molecular weight excluding hydrogens is 318 g/mol. The summed E-state index contributed by atoms with van der Waals surface area (Å²) in [5.74, 6) is -0.0685. The van der Waals surface area contributed by atoms with Crippen LogP contribution in [-0.4, -0.2) is 56.5 Å². The van der Waals surface area contributed by atoms with E-state index in [1.54, 1.807) is 29.6 Å². The highest BCUT2D eigenvalue weighted by Crippen LogP contribution is 2.25. The third-order valence-corrected chi connectivity index (χ3v) is 2.82. The van der Waals surface area contributed by atoms with Gasteiger partial charge in [-0.2, -0.15) is 8.42 Å². The molecule has 0 aliphatic carbocycles. The summed E-state index contributed by atoms with van der Waals surface area (Å²) in [6, 6.07) is 6.81. The standard InChI is InChI=1S/C12H17NO8S/c1-19-10-4-2-3-5-11(10)20-6-9(14)7-21-12(15)13-8-22(16,17)18/h2-5,9,14H,6-8H2,1H3,(H,13,15)(H,16,17,18). The Morgan fingerprint density at radius 3 is 2.50 bits per heavy atom. The predicted molar refractivity (Wildman–Crippen MR) is 75.4 cm³/mol. The minimum atomic E-state index is -4.32. The Balaban J connectivity index is 2.31. The number of hydrogen-bond acceptors (Lipinski definition) is 7. The zero-order chi connectivity index (χ0) is 16.6. The molecule has 1 rings (SSSR count). The summed E-state index contributed by atoms with van der Waals surface area (Å²) in [7, 11) is -2.85. The van der Waals surface area contributed by atoms with Crippen molar-refractivity contribution in [2.75, 3.05) is 26.2 Å². The number of carbonyl (C=O) groups excluding carboxylic acids is 1. The van der Waals surface area contributed by atoms with Gasteiger partial charge in [0.2, 0.25) is 0 Å². The van der Waals surface area contributed by atoms with Gasteiger partial charge in [-0.3, -0.25) is 4.55 Å². The molecule has 0 bridgehead atoms. The van der Waals surface area contributed by atoms with Crippen LogP contribution in [0.2, 0.25) is 0 Å². The second kappa shape index (κ2) is 8.41. The molecule has 0 radical (unpaired) electrons. The number of alkyl carbamates (subject to hydrolysis) is 1. The van der Waals surface area contributed by atoms with Gasteiger partial charge in [-0.15, -0.1) is 0 Å². The number of aliphatic hydroxyl groups is 1. The molecule has 3 N–H and O–H groups in total. The minimum Gasteiger partial charge on any atom is -0.493 e. The van der Waals surface area contributed by atoms with Crippen LogP contribution >= 0.6 is 0 Å². The van der Waals surface area contributed by atoms with Crippen molar-refractivity contribution in [1.29, 1.82) is 0 Å². The molecule has 0 saturated heterocycles. The van der Waals surface area contributed by atoms with Crippen LogP contribution in [0.15, 0.2) is 24.3 Å². The van der Waals surface area contributed by atoms with E-state index in [0.717, 1.165) is 0 Å². The fraction of sp³-hybridized carbons (Fsp3) is 0.417. The Hall–Kier alpha value is -2.04. The first kappa shape index (κ1) is 18.0. The van der Waals surface area contributed by atoms with Crippen molar-refractivity contribution in [2.24, 2.45) is 0 Å². The first-order chi connectivity index (χ1) is 10.3. The van der Waals surface area contributed by atoms with Crippen LogP contribution in [0.5, 0.6) is 11.5 Å². The molecule has 124 valence electrons. The topological polar surface area (TPSA) is 131 Å². The van der Waals surface area contributed by atoms with Gasteiger partial charge in [0, 0.05) is 0 Å². The summed E-state index contributed by atoms with van der Waals surface area (Å²) in [6.45, 7) is -0.571. The van der Waals surface area contributed by atoms with E-state index in [9.17, 15) is 18.3 Å². The van der Waals surface area contributed by atoms with Crippen LogP contribution in [0.25, 0.3) is 0 Å². The van der Waals surface area contributed by atoms with Crippen molar-refractivity contribution >= 4 is 16.2 Å². The number of ether oxygens (including phenoxy) is 3. The maximum atomic E-state index is 11.1. The van der Waals surface area contributed by atoms with Gasteiger partial charge < -0.3 is 24.6 Å². The zero-order valence-corrected chi connectivity index (χ0v) is 12.6. The monoisotopic (exact) mass is 335 g/mol. The number of aliphatic hydroxyl groups excluding tert-OH is 1. The molecule has 0 aliphatic heterocycles. The molecule has 0 aromatic heterocycles. The van der Waals surface area contributed by atoms with Crippen LogP contribution in [0, 0.1) is 0 Å². The Morgan fingerprint density at radius 2 is 1.91 bits per heavy atom. The fourth-order valence-corrected chi connectivity index (χ4v) is 1.65. The Morgan fingerprint density at radius 1 is 1.27 bits per heavy atom. The number of benzene rings is 1. The van der Waals surface area contributed by atoms with Crippen molar-refractivity contribution in [1.82, 2.24) is 5.32 Å². The van der Waals surface area contributed by atoms with Crippen molar-refractivity contribution < 1.29 is 37.1 Å². The van der Waals surface area contributed by atoms with E-state index < -0.39 is 34.8 Å². The molecule has 0 saturated carbocycles. The molecule has 1 amide bonds. The van der Waals surface area contributed by atoms with Crippen molar-refractivity contribution in [3.63, 3.8) is 0 Å². The summed E-state index contributed by atoms with van der Waals surface area (Å²) >= 11 is 0. The van der Waals surface area contributed by atoms with Crippen LogP contribution in [0.3, 0.4) is 0 Å². The fourth-order valence-electron chi connectivity index (χ4n) is 1.35. The largest absolute Gasteiger partial charge is 0.493 e. The number of nitrogens with one attached hydrogen (secondary N) is 1. The van der Waals surface area contributed by atoms with E-state index in [0.29, 0.717) is 11.5 Å². The lowest BCUT2D eigenvalue weighted by atomic mass is 10.3. The smallest absolute Gasteiger partial charge is 0.408 e. The SMILES string of the molecule is COc1ccccc1OCC(O)COC(=O)NCS(=O)(=O)O. The van der Waals surface area contributed by atoms with Crippen molar-refractivity contribution in [2.45, 2.75) is 6.10 Å². The van der Waals surface area contributed by atoms with Gasteiger partial charge >= 0.3 is 6.09 Å². The molecule has 1 aromatic carbocycles. The predicted octanol–water partition coefficient (Wildman–Crippen LogP) is 0.00640. The van der Waals surface area contributed by atoms with Gasteiger partial charge in [-0.1, -0.05) is 12.1 Å². The maximum absolute atomic E-state index is 11.1. The molecule has 1 unspecified atom stereocenters. The lowest BCUT2D eigenvalue weighted by Gasteiger charge is -2.14. The average molecular weight is 335 g/mol. The zero-order valence-electron chi connectivity index (χ0n) is 11.8. The molecule has 22 heavy (non-hydrogen) atoms. The Kier molecular flexibility index (Phi) is 6.89. The maximum Gasteiger partial charge on any atom is 0.408 e. The van der Waals surface area contributed by atoms with Gasteiger partial charge in [0.05, 0.1) is 7.11 Å². The van der Waals surface area contributed by atoms with Crippen molar-refractivity contribution in [3.05, 3.63) is 24.3 Å². The van der Waals surface area contributed by atoms with E-state index in [-0.39, 0.29) is 6.61 Å². The van der Waals surface area contributed by atoms with Gasteiger partial charge in [-0.05, 0) is 12.1 Å². The third-order valence-electron chi connectivity index (χ3n) is 2.31. The van der Waals surface area contributed by atoms with Crippen LogP contribution in [0.1, 0.15) is 0 Å². The van der Waals surface area contributed by atoms with Crippen LogP contribution < -0.4 is 14.8 Å². The summed E-state index contributed by atoms with van der Waals surface area (Å²) in [5.41, 5.74) is 0. The van der Waals surface area contributed by atoms with Crippen LogP contribution in [-0.2, 0) is 14.9 Å². The van der Waals surface area contributed by atoms with E-state index in [2.05, 4.69) is 4.74 Å². The Bertz CT molecular complexity index is 589. The first-order valence-electron chi connectivity index (χ1n) is 6.11. The average Bonchev–Trinajstić information content (AvgIpc) is 2.48.